The first-order valence-electron chi connectivity index (χ1n) is 8.39. The smallest absolute Gasteiger partial charge is 0.0507 e. The van der Waals surface area contributed by atoms with Gasteiger partial charge in [0.25, 0.3) is 0 Å². The number of rotatable bonds is 7. The van der Waals surface area contributed by atoms with Crippen LogP contribution in [0.5, 0.6) is 0 Å². The third-order valence-electron chi connectivity index (χ3n) is 4.62. The van der Waals surface area contributed by atoms with Gasteiger partial charge in [-0.2, -0.15) is 0 Å². The summed E-state index contributed by atoms with van der Waals surface area (Å²) in [6.45, 7) is 5.50. The van der Waals surface area contributed by atoms with Gasteiger partial charge in [0, 0.05) is 22.6 Å². The minimum atomic E-state index is -0.776. The number of nitrogens with one attached hydrogen (secondary N) is 1. The Labute approximate surface area is 132 Å². The lowest BCUT2D eigenvalue weighted by Crippen LogP contribution is -2.46. The molecule has 0 aromatic heterocycles. The molecule has 118 valence electrons. The van der Waals surface area contributed by atoms with Crippen LogP contribution in [0.3, 0.4) is 0 Å². The molecular formula is C18H29NOS. The summed E-state index contributed by atoms with van der Waals surface area (Å²) in [7, 11) is -0.776. The van der Waals surface area contributed by atoms with E-state index in [0.29, 0.717) is 17.0 Å². The van der Waals surface area contributed by atoms with Gasteiger partial charge in [0.1, 0.15) is 0 Å². The molecule has 0 amide bonds. The lowest BCUT2D eigenvalue weighted by atomic mass is 9.84. The molecule has 0 heterocycles. The second kappa shape index (κ2) is 8.70. The van der Waals surface area contributed by atoms with E-state index in [1.54, 1.807) is 0 Å². The van der Waals surface area contributed by atoms with E-state index in [-0.39, 0.29) is 0 Å². The zero-order valence-corrected chi connectivity index (χ0v) is 14.2. The molecule has 0 radical (unpaired) electrons. The van der Waals surface area contributed by atoms with Crippen molar-refractivity contribution in [3.05, 3.63) is 35.9 Å². The van der Waals surface area contributed by atoms with Crippen LogP contribution in [0.2, 0.25) is 0 Å². The SMILES string of the molecule is CCCNC1CCC(CC)CC1S(=O)Cc1ccccc1. The van der Waals surface area contributed by atoms with Crippen LogP contribution in [-0.4, -0.2) is 22.0 Å². The summed E-state index contributed by atoms with van der Waals surface area (Å²) in [5.74, 6) is 1.46. The van der Waals surface area contributed by atoms with Gasteiger partial charge in [0.05, 0.1) is 5.25 Å². The van der Waals surface area contributed by atoms with Crippen LogP contribution >= 0.6 is 0 Å². The van der Waals surface area contributed by atoms with Crippen molar-refractivity contribution in [1.29, 1.82) is 0 Å². The third-order valence-corrected chi connectivity index (χ3v) is 6.44. The molecule has 2 nitrogen and oxygen atoms in total. The molecule has 0 aliphatic heterocycles. The van der Waals surface area contributed by atoms with Gasteiger partial charge in [-0.3, -0.25) is 4.21 Å². The van der Waals surface area contributed by atoms with Crippen LogP contribution in [0.15, 0.2) is 30.3 Å². The first-order chi connectivity index (χ1) is 10.2. The molecule has 1 aromatic rings. The lowest BCUT2D eigenvalue weighted by molar-refractivity contribution is 0.292. The van der Waals surface area contributed by atoms with E-state index in [4.69, 9.17) is 0 Å². The van der Waals surface area contributed by atoms with Crippen molar-refractivity contribution in [3.8, 4) is 0 Å². The quantitative estimate of drug-likeness (QED) is 0.828. The predicted octanol–water partition coefficient (Wildman–Crippen LogP) is 3.88. The first kappa shape index (κ1) is 16.7. The van der Waals surface area contributed by atoms with E-state index >= 15 is 0 Å². The van der Waals surface area contributed by atoms with Gasteiger partial charge in [0.15, 0.2) is 0 Å². The summed E-state index contributed by atoms with van der Waals surface area (Å²) in [5, 5.41) is 3.95. The molecule has 1 fully saturated rings. The fourth-order valence-corrected chi connectivity index (χ4v) is 5.10. The fraction of sp³-hybridized carbons (Fsp3) is 0.667. The van der Waals surface area contributed by atoms with Crippen LogP contribution in [0, 0.1) is 5.92 Å². The maximum Gasteiger partial charge on any atom is 0.0507 e. The number of hydrogen-bond donors (Lipinski definition) is 1. The van der Waals surface area contributed by atoms with Crippen molar-refractivity contribution in [1.82, 2.24) is 5.32 Å². The highest BCUT2D eigenvalue weighted by Crippen LogP contribution is 2.31. The third kappa shape index (κ3) is 4.93. The minimum Gasteiger partial charge on any atom is -0.313 e. The highest BCUT2D eigenvalue weighted by atomic mass is 32.2. The molecule has 4 unspecified atom stereocenters. The van der Waals surface area contributed by atoms with E-state index < -0.39 is 10.8 Å². The second-order valence-electron chi connectivity index (χ2n) is 6.20. The monoisotopic (exact) mass is 307 g/mol. The van der Waals surface area contributed by atoms with Gasteiger partial charge in [-0.25, -0.2) is 0 Å². The summed E-state index contributed by atoms with van der Waals surface area (Å²) in [6.07, 6.45) is 5.96. The highest BCUT2D eigenvalue weighted by Gasteiger charge is 2.33. The molecule has 4 atom stereocenters. The van der Waals surface area contributed by atoms with Crippen LogP contribution < -0.4 is 5.32 Å². The van der Waals surface area contributed by atoms with Crippen molar-refractivity contribution >= 4 is 10.8 Å². The number of hydrogen-bond acceptors (Lipinski definition) is 2. The van der Waals surface area contributed by atoms with Crippen molar-refractivity contribution in [2.24, 2.45) is 5.92 Å². The van der Waals surface area contributed by atoms with Crippen LogP contribution in [0.1, 0.15) is 51.5 Å². The van der Waals surface area contributed by atoms with E-state index in [0.717, 1.165) is 25.3 Å². The van der Waals surface area contributed by atoms with Crippen molar-refractivity contribution < 1.29 is 4.21 Å². The fourth-order valence-electron chi connectivity index (χ4n) is 3.28. The van der Waals surface area contributed by atoms with E-state index in [9.17, 15) is 4.21 Å². The Hall–Kier alpha value is -0.670. The average molecular weight is 308 g/mol. The molecule has 3 heteroatoms. The van der Waals surface area contributed by atoms with Gasteiger partial charge in [-0.05, 0) is 43.7 Å². The van der Waals surface area contributed by atoms with Crippen molar-refractivity contribution in [2.75, 3.05) is 6.54 Å². The molecule has 2 rings (SSSR count). The van der Waals surface area contributed by atoms with Crippen molar-refractivity contribution in [2.45, 2.75) is 63.0 Å². The van der Waals surface area contributed by atoms with Crippen molar-refractivity contribution in [3.63, 3.8) is 0 Å². The van der Waals surface area contributed by atoms with E-state index in [1.165, 1.54) is 24.8 Å². The number of benzene rings is 1. The van der Waals surface area contributed by atoms with Gasteiger partial charge >= 0.3 is 0 Å². The molecule has 0 spiro atoms. The molecule has 1 aromatic carbocycles. The molecule has 1 saturated carbocycles. The summed E-state index contributed by atoms with van der Waals surface area (Å²) in [5.41, 5.74) is 1.20. The predicted molar refractivity (Wildman–Crippen MR) is 91.8 cm³/mol. The van der Waals surface area contributed by atoms with Gasteiger partial charge < -0.3 is 5.32 Å². The maximum atomic E-state index is 12.9. The maximum absolute atomic E-state index is 12.9. The Bertz CT molecular complexity index is 434. The molecule has 0 bridgehead atoms. The van der Waals surface area contributed by atoms with Gasteiger partial charge in [-0.15, -0.1) is 0 Å². The summed E-state index contributed by atoms with van der Waals surface area (Å²) < 4.78 is 12.9. The summed E-state index contributed by atoms with van der Waals surface area (Å²) in [6, 6.07) is 10.7. The van der Waals surface area contributed by atoms with Crippen LogP contribution in [0.25, 0.3) is 0 Å². The largest absolute Gasteiger partial charge is 0.313 e. The van der Waals surface area contributed by atoms with Crippen LogP contribution in [0.4, 0.5) is 0 Å². The van der Waals surface area contributed by atoms with Crippen LogP contribution in [-0.2, 0) is 16.6 Å². The standard InChI is InChI=1S/C18H29NOS/c1-3-12-19-17-11-10-15(4-2)13-18(17)21(20)14-16-8-6-5-7-9-16/h5-9,15,17-19H,3-4,10-14H2,1-2H3. The Kier molecular flexibility index (Phi) is 6.91. The first-order valence-corrected chi connectivity index (χ1v) is 9.77. The Morgan fingerprint density at radius 2 is 1.95 bits per heavy atom. The second-order valence-corrected chi connectivity index (χ2v) is 7.85. The summed E-state index contributed by atoms with van der Waals surface area (Å²) in [4.78, 5) is 0. The molecule has 1 aliphatic rings. The molecule has 0 saturated heterocycles. The lowest BCUT2D eigenvalue weighted by Gasteiger charge is -2.36. The zero-order valence-electron chi connectivity index (χ0n) is 13.4. The minimum absolute atomic E-state index is 0.315. The average Bonchev–Trinajstić information content (AvgIpc) is 2.53. The Morgan fingerprint density at radius 3 is 2.62 bits per heavy atom. The normalized spacial score (nSPS) is 27.4. The molecule has 1 aliphatic carbocycles. The van der Waals surface area contributed by atoms with Gasteiger partial charge in [-0.1, -0.05) is 50.6 Å². The Morgan fingerprint density at radius 1 is 1.19 bits per heavy atom. The van der Waals surface area contributed by atoms with E-state index in [2.05, 4.69) is 31.3 Å². The molecule has 21 heavy (non-hydrogen) atoms. The van der Waals surface area contributed by atoms with Gasteiger partial charge in [0.2, 0.25) is 0 Å². The Balaban J connectivity index is 2.01. The summed E-state index contributed by atoms with van der Waals surface area (Å²) >= 11 is 0. The van der Waals surface area contributed by atoms with E-state index in [1.807, 2.05) is 18.2 Å². The zero-order chi connectivity index (χ0) is 15.1. The highest BCUT2D eigenvalue weighted by molar-refractivity contribution is 7.84. The molecule has 1 N–H and O–H groups in total. The topological polar surface area (TPSA) is 29.1 Å². The molecular weight excluding hydrogens is 278 g/mol.